The van der Waals surface area contributed by atoms with Gasteiger partial charge in [0.1, 0.15) is 16.7 Å². The highest BCUT2D eigenvalue weighted by molar-refractivity contribution is 7.47. The Kier molecular flexibility index (Phi) is 10.7. The second-order valence-electron chi connectivity index (χ2n) is 15.0. The maximum Gasteiger partial charge on any atom is 0.124 e. The van der Waals surface area contributed by atoms with Gasteiger partial charge in [0.2, 0.25) is 0 Å². The van der Waals surface area contributed by atoms with Crippen molar-refractivity contribution in [3.63, 3.8) is 0 Å². The average molecular weight is 776 g/mol. The molecule has 0 unspecified atom stereocenters. The summed E-state index contributed by atoms with van der Waals surface area (Å²) in [7, 11) is 0. The molecule has 7 aromatic carbocycles. The van der Waals surface area contributed by atoms with Crippen molar-refractivity contribution >= 4 is 69.0 Å². The first-order valence-corrected chi connectivity index (χ1v) is 20.6. The molecule has 2 N–H and O–H groups in total. The van der Waals surface area contributed by atoms with Gasteiger partial charge in [-0.3, -0.25) is 0 Å². The number of anilines is 7. The number of hydrogen-bond acceptors (Lipinski definition) is 7. The summed E-state index contributed by atoms with van der Waals surface area (Å²) in [5.74, 6) is 0.694. The van der Waals surface area contributed by atoms with Gasteiger partial charge in [-0.05, 0) is 96.3 Å². The zero-order chi connectivity index (χ0) is 39.3. The molecule has 0 spiro atoms. The Morgan fingerprint density at radius 3 is 1.31 bits per heavy atom. The number of nitrogens with two attached hydrogens (primary N) is 1. The molecule has 0 saturated heterocycles. The van der Waals surface area contributed by atoms with E-state index in [1.54, 1.807) is 0 Å². The van der Waals surface area contributed by atoms with E-state index in [9.17, 15) is 0 Å². The van der Waals surface area contributed by atoms with Crippen LogP contribution in [0.5, 0.6) is 0 Å². The van der Waals surface area contributed by atoms with Crippen LogP contribution in [0, 0.1) is 5.92 Å². The van der Waals surface area contributed by atoms with Crippen molar-refractivity contribution in [3.8, 4) is 22.3 Å². The van der Waals surface area contributed by atoms with Gasteiger partial charge in [-0.1, -0.05) is 129 Å². The van der Waals surface area contributed by atoms with Gasteiger partial charge in [0, 0.05) is 57.7 Å². The number of rotatable bonds is 12. The van der Waals surface area contributed by atoms with Gasteiger partial charge in [0.15, 0.2) is 0 Å². The van der Waals surface area contributed by atoms with E-state index in [1.165, 1.54) is 32.1 Å². The van der Waals surface area contributed by atoms with Crippen LogP contribution >= 0.6 is 0 Å². The quantitative estimate of drug-likeness (QED) is 0.125. The fourth-order valence-corrected chi connectivity index (χ4v) is 8.66. The first-order chi connectivity index (χ1) is 28.7. The third kappa shape index (κ3) is 7.46. The minimum absolute atomic E-state index is 0.492. The Balaban J connectivity index is 1.15. The summed E-state index contributed by atoms with van der Waals surface area (Å²) in [5.41, 5.74) is 19.5. The van der Waals surface area contributed by atoms with Crippen LogP contribution in [0.3, 0.4) is 0 Å². The predicted octanol–water partition coefficient (Wildman–Crippen LogP) is 13.6. The lowest BCUT2D eigenvalue weighted by molar-refractivity contribution is 0.312. The third-order valence-electron chi connectivity index (χ3n) is 11.3. The Hall–Kier alpha value is -6.64. The molecule has 0 bridgehead atoms. The molecule has 1 aliphatic rings. The predicted molar refractivity (Wildman–Crippen MR) is 243 cm³/mol. The molecule has 58 heavy (non-hydrogen) atoms. The van der Waals surface area contributed by atoms with E-state index in [0.717, 1.165) is 80.4 Å². The minimum atomic E-state index is 0.492. The molecule has 8 aromatic rings. The Morgan fingerprint density at radius 1 is 0.517 bits per heavy atom. The molecule has 0 atom stereocenters. The lowest BCUT2D eigenvalue weighted by Gasteiger charge is -2.26. The molecule has 9 rings (SSSR count). The van der Waals surface area contributed by atoms with Crippen molar-refractivity contribution in [2.45, 2.75) is 45.1 Å². The highest BCUT2D eigenvalue weighted by atomic mass is 32.1. The number of benzene rings is 7. The molecule has 0 aliphatic heterocycles. The van der Waals surface area contributed by atoms with Gasteiger partial charge in [0.25, 0.3) is 0 Å². The molecule has 0 amide bonds. The van der Waals surface area contributed by atoms with E-state index in [0.29, 0.717) is 17.3 Å². The minimum Gasteiger partial charge on any atom is -0.396 e. The smallest absolute Gasteiger partial charge is 0.124 e. The summed E-state index contributed by atoms with van der Waals surface area (Å²) in [6.45, 7) is 0.739. The molecule has 1 saturated carbocycles. The largest absolute Gasteiger partial charge is 0.396 e. The molecule has 1 heterocycles. The zero-order valence-corrected chi connectivity index (χ0v) is 33.2. The molecular weight excluding hydrogens is 731 g/mol. The van der Waals surface area contributed by atoms with E-state index >= 15 is 0 Å². The van der Waals surface area contributed by atoms with E-state index in [-0.39, 0.29) is 0 Å². The number of para-hydroxylation sites is 4. The Labute approximate surface area is 345 Å². The second kappa shape index (κ2) is 16.8. The number of aryl methyl sites for hydroxylation is 1. The maximum absolute atomic E-state index is 7.18. The van der Waals surface area contributed by atoms with Crippen molar-refractivity contribution < 1.29 is 0 Å². The highest BCUT2D eigenvalue weighted by Crippen LogP contribution is 2.48. The maximum atomic E-state index is 7.18. The summed E-state index contributed by atoms with van der Waals surface area (Å²) < 4.78 is 4.45. The molecule has 1 aliphatic carbocycles. The molecule has 286 valence electrons. The Bertz CT molecular complexity index is 2530. The van der Waals surface area contributed by atoms with Crippen molar-refractivity contribution in [1.82, 2.24) is 15.0 Å². The van der Waals surface area contributed by atoms with Crippen molar-refractivity contribution in [2.24, 2.45) is 10.3 Å². The lowest BCUT2D eigenvalue weighted by Crippen LogP contribution is -2.11. The van der Waals surface area contributed by atoms with E-state index in [1.807, 2.05) is 29.1 Å². The number of aromatic nitrogens is 3. The summed E-state index contributed by atoms with van der Waals surface area (Å²) in [4.78, 5) is 6.37. The summed E-state index contributed by atoms with van der Waals surface area (Å²) in [5, 5.41) is 10.4. The van der Waals surface area contributed by atoms with Crippen LogP contribution in [0.15, 0.2) is 174 Å². The van der Waals surface area contributed by atoms with Crippen molar-refractivity contribution in [3.05, 3.63) is 170 Å². The van der Waals surface area contributed by atoms with E-state index < -0.39 is 0 Å². The van der Waals surface area contributed by atoms with Crippen LogP contribution in [0.4, 0.5) is 45.5 Å². The average Bonchev–Trinajstić information content (AvgIpc) is 3.71. The molecular formula is C50H45N7S. The number of fused-ring (bicyclic) bond motifs is 1. The van der Waals surface area contributed by atoms with Crippen LogP contribution in [-0.4, -0.2) is 15.0 Å². The summed E-state index contributed by atoms with van der Waals surface area (Å²) >= 11 is 5.54. The van der Waals surface area contributed by atoms with Crippen molar-refractivity contribution in [1.29, 1.82) is 0 Å². The van der Waals surface area contributed by atoms with Crippen LogP contribution in [-0.2, 0) is 19.0 Å². The molecule has 0 radical (unpaired) electrons. The SMILES string of the molecule is Nc1c(N=S)c(-c2ccc(N(c3ccccc3)c3ccccc3)cc2)c2nn(CCC3CCCCC3)nc2c1-c1ccc(N(c2ccccc2)c2ccccc2)cc1. The molecule has 8 heteroatoms. The summed E-state index contributed by atoms with van der Waals surface area (Å²) in [6.07, 6.45) is 7.53. The first-order valence-electron chi connectivity index (χ1n) is 20.2. The van der Waals surface area contributed by atoms with E-state index in [4.69, 9.17) is 28.4 Å². The number of nitrogen functional groups attached to an aromatic ring is 1. The van der Waals surface area contributed by atoms with Gasteiger partial charge in [-0.25, -0.2) is 0 Å². The molecule has 1 fully saturated rings. The highest BCUT2D eigenvalue weighted by Gasteiger charge is 2.25. The van der Waals surface area contributed by atoms with Crippen LogP contribution in [0.25, 0.3) is 33.3 Å². The number of nitrogens with zero attached hydrogens (tertiary/aromatic N) is 6. The topological polar surface area (TPSA) is 75.6 Å². The second-order valence-corrected chi connectivity index (χ2v) is 15.2. The number of hydrogen-bond donors (Lipinski definition) is 1. The van der Waals surface area contributed by atoms with Crippen LogP contribution in [0.2, 0.25) is 0 Å². The first kappa shape index (κ1) is 37.0. The third-order valence-corrected chi connectivity index (χ3v) is 11.5. The molecule has 7 nitrogen and oxygen atoms in total. The lowest BCUT2D eigenvalue weighted by atomic mass is 9.87. The molecule has 1 aromatic heterocycles. The van der Waals surface area contributed by atoms with Crippen LogP contribution < -0.4 is 15.5 Å². The normalized spacial score (nSPS) is 13.0. The van der Waals surface area contributed by atoms with Crippen molar-refractivity contribution in [2.75, 3.05) is 15.5 Å². The van der Waals surface area contributed by atoms with Gasteiger partial charge in [-0.2, -0.15) is 19.4 Å². The van der Waals surface area contributed by atoms with Crippen LogP contribution in [0.1, 0.15) is 38.5 Å². The van der Waals surface area contributed by atoms with E-state index in [2.05, 4.69) is 160 Å². The monoisotopic (exact) mass is 775 g/mol. The fourth-order valence-electron chi connectivity index (χ4n) is 8.47. The van der Waals surface area contributed by atoms with Gasteiger partial charge >= 0.3 is 0 Å². The van der Waals surface area contributed by atoms with Gasteiger partial charge in [0.05, 0.1) is 12.2 Å². The summed E-state index contributed by atoms with van der Waals surface area (Å²) in [6, 6.07) is 58.6. The fraction of sp³-hybridized carbons (Fsp3) is 0.160. The van der Waals surface area contributed by atoms with Gasteiger partial charge in [-0.15, -0.1) is 0 Å². The standard InChI is InChI=1S/C50H45N7S/c51-47-45(37-26-30-43(31-27-37)56(39-18-8-2-9-19-39)40-20-10-3-11-21-40)49-50(53-55(52-49)35-34-36-16-6-1-7-17-36)46(48(47)54-58)38-28-32-44(33-29-38)57(41-22-12-4-13-23-41)42-24-14-5-15-25-42/h2-5,8-15,18-33,36H,1,6-7,16-17,34-35,51H2. The van der Waals surface area contributed by atoms with Gasteiger partial charge < -0.3 is 15.5 Å². The zero-order valence-electron chi connectivity index (χ0n) is 32.4. The Morgan fingerprint density at radius 2 is 0.897 bits per heavy atom.